The zero-order valence-corrected chi connectivity index (χ0v) is 11.6. The number of anilines is 1. The van der Waals surface area contributed by atoms with Gasteiger partial charge in [0.2, 0.25) is 0 Å². The molecule has 0 radical (unpaired) electrons. The molecule has 19 heavy (non-hydrogen) atoms. The average Bonchev–Trinajstić information content (AvgIpc) is 2.89. The molecule has 1 fully saturated rings. The van der Waals surface area contributed by atoms with Gasteiger partial charge in [0.15, 0.2) is 0 Å². The maximum atomic E-state index is 13.4. The zero-order valence-electron chi connectivity index (χ0n) is 10.7. The van der Waals surface area contributed by atoms with Crippen LogP contribution >= 0.6 is 11.8 Å². The highest BCUT2D eigenvalue weighted by atomic mass is 32.2. The Morgan fingerprint density at radius 1 is 1.53 bits per heavy atom. The van der Waals surface area contributed by atoms with Crippen molar-refractivity contribution in [2.24, 2.45) is 0 Å². The second-order valence-corrected chi connectivity index (χ2v) is 5.58. The second kappa shape index (κ2) is 6.25. The maximum Gasteiger partial charge on any atom is 0.319 e. The Bertz CT molecular complexity index is 450. The van der Waals surface area contributed by atoms with E-state index in [0.29, 0.717) is 6.54 Å². The molecule has 0 spiro atoms. The highest BCUT2D eigenvalue weighted by Crippen LogP contribution is 2.30. The standard InChI is InChI=1S/C13H17FN2O2S/c1-18-13(6-7-19-9-13)8-15-12(17)16-11-5-3-2-4-10(11)14/h2-5H,6-9H2,1H3,(H2,15,16,17)/t13-/m1/s1. The summed E-state index contributed by atoms with van der Waals surface area (Å²) in [4.78, 5) is 11.7. The number of ether oxygens (including phenoxy) is 1. The maximum absolute atomic E-state index is 13.4. The van der Waals surface area contributed by atoms with E-state index in [2.05, 4.69) is 10.6 Å². The van der Waals surface area contributed by atoms with Gasteiger partial charge in [-0.15, -0.1) is 0 Å². The van der Waals surface area contributed by atoms with Crippen LogP contribution in [0.3, 0.4) is 0 Å². The van der Waals surface area contributed by atoms with E-state index < -0.39 is 11.8 Å². The number of hydrogen-bond acceptors (Lipinski definition) is 3. The lowest BCUT2D eigenvalue weighted by Crippen LogP contribution is -2.45. The van der Waals surface area contributed by atoms with Crippen LogP contribution in [0.2, 0.25) is 0 Å². The van der Waals surface area contributed by atoms with Crippen molar-refractivity contribution in [3.8, 4) is 0 Å². The normalized spacial score (nSPS) is 22.2. The van der Waals surface area contributed by atoms with E-state index in [0.717, 1.165) is 17.9 Å². The SMILES string of the molecule is CO[C@@]1(CNC(=O)Nc2ccccc2F)CCSC1. The molecule has 1 heterocycles. The Morgan fingerprint density at radius 2 is 2.32 bits per heavy atom. The molecule has 0 unspecified atom stereocenters. The van der Waals surface area contributed by atoms with Crippen molar-refractivity contribution in [1.29, 1.82) is 0 Å². The summed E-state index contributed by atoms with van der Waals surface area (Å²) in [5.41, 5.74) is -0.121. The lowest BCUT2D eigenvalue weighted by molar-refractivity contribution is 0.0161. The Morgan fingerprint density at radius 3 is 2.95 bits per heavy atom. The molecule has 1 aliphatic heterocycles. The Balaban J connectivity index is 1.86. The van der Waals surface area contributed by atoms with Crippen molar-refractivity contribution < 1.29 is 13.9 Å². The van der Waals surface area contributed by atoms with E-state index in [4.69, 9.17) is 4.74 Å². The fraction of sp³-hybridized carbons (Fsp3) is 0.462. The molecule has 0 saturated carbocycles. The molecule has 0 aliphatic carbocycles. The summed E-state index contributed by atoms with van der Waals surface area (Å²) in [6, 6.07) is 5.65. The lowest BCUT2D eigenvalue weighted by atomic mass is 10.0. The number of benzene rings is 1. The highest BCUT2D eigenvalue weighted by Gasteiger charge is 2.34. The number of halogens is 1. The molecule has 1 aromatic rings. The first-order valence-corrected chi connectivity index (χ1v) is 7.23. The van der Waals surface area contributed by atoms with Crippen LogP contribution in [0.5, 0.6) is 0 Å². The average molecular weight is 284 g/mol. The first kappa shape index (κ1) is 14.1. The van der Waals surface area contributed by atoms with Gasteiger partial charge >= 0.3 is 6.03 Å². The van der Waals surface area contributed by atoms with E-state index >= 15 is 0 Å². The minimum absolute atomic E-state index is 0.173. The first-order valence-electron chi connectivity index (χ1n) is 6.07. The second-order valence-electron chi connectivity index (χ2n) is 4.48. The number of amides is 2. The van der Waals surface area contributed by atoms with E-state index in [1.807, 2.05) is 0 Å². The van der Waals surface area contributed by atoms with Crippen LogP contribution in [0.4, 0.5) is 14.9 Å². The number of nitrogens with one attached hydrogen (secondary N) is 2. The third-order valence-corrected chi connectivity index (χ3v) is 4.42. The summed E-state index contributed by atoms with van der Waals surface area (Å²) < 4.78 is 18.8. The number of methoxy groups -OCH3 is 1. The first-order chi connectivity index (χ1) is 9.15. The van der Waals surface area contributed by atoms with Crippen LogP contribution in [-0.4, -0.2) is 36.8 Å². The highest BCUT2D eigenvalue weighted by molar-refractivity contribution is 7.99. The predicted molar refractivity (Wildman–Crippen MR) is 75.1 cm³/mol. The van der Waals surface area contributed by atoms with Gasteiger partial charge in [0.05, 0.1) is 11.3 Å². The molecule has 4 nitrogen and oxygen atoms in total. The van der Waals surface area contributed by atoms with Gasteiger partial charge in [-0.05, 0) is 24.3 Å². The molecular weight excluding hydrogens is 267 g/mol. The van der Waals surface area contributed by atoms with Crippen LogP contribution in [0.15, 0.2) is 24.3 Å². The minimum atomic E-state index is -0.449. The fourth-order valence-electron chi connectivity index (χ4n) is 1.93. The van der Waals surface area contributed by atoms with E-state index in [1.165, 1.54) is 12.1 Å². The lowest BCUT2D eigenvalue weighted by Gasteiger charge is -2.26. The smallest absolute Gasteiger partial charge is 0.319 e. The zero-order chi connectivity index (χ0) is 13.7. The largest absolute Gasteiger partial charge is 0.376 e. The van der Waals surface area contributed by atoms with Crippen molar-refractivity contribution >= 4 is 23.5 Å². The van der Waals surface area contributed by atoms with Crippen LogP contribution < -0.4 is 10.6 Å². The van der Waals surface area contributed by atoms with Crippen LogP contribution in [0, 0.1) is 5.82 Å². The monoisotopic (exact) mass is 284 g/mol. The molecule has 0 bridgehead atoms. The molecule has 2 N–H and O–H groups in total. The summed E-state index contributed by atoms with van der Waals surface area (Å²) in [6.45, 7) is 0.427. The number of hydrogen-bond donors (Lipinski definition) is 2. The van der Waals surface area contributed by atoms with Crippen LogP contribution in [0.1, 0.15) is 6.42 Å². The third-order valence-electron chi connectivity index (χ3n) is 3.19. The molecule has 1 aromatic carbocycles. The number of carbonyl (C=O) groups is 1. The van der Waals surface area contributed by atoms with Crippen molar-refractivity contribution in [2.75, 3.05) is 30.5 Å². The molecule has 1 aliphatic rings. The quantitative estimate of drug-likeness (QED) is 0.893. The molecule has 6 heteroatoms. The Hall–Kier alpha value is -1.27. The van der Waals surface area contributed by atoms with Crippen LogP contribution in [-0.2, 0) is 4.74 Å². The van der Waals surface area contributed by atoms with Crippen molar-refractivity contribution in [3.05, 3.63) is 30.1 Å². The summed E-state index contributed by atoms with van der Waals surface area (Å²) in [6.07, 6.45) is 0.911. The molecule has 2 rings (SSSR count). The van der Waals surface area contributed by atoms with Gasteiger partial charge in [0, 0.05) is 19.4 Å². The van der Waals surface area contributed by atoms with Gasteiger partial charge in [-0.25, -0.2) is 9.18 Å². The van der Waals surface area contributed by atoms with E-state index in [-0.39, 0.29) is 11.3 Å². The van der Waals surface area contributed by atoms with Crippen molar-refractivity contribution in [1.82, 2.24) is 5.32 Å². The summed E-state index contributed by atoms with van der Waals surface area (Å²) in [7, 11) is 1.66. The van der Waals surface area contributed by atoms with Gasteiger partial charge in [0.25, 0.3) is 0 Å². The Kier molecular flexibility index (Phi) is 4.66. The number of thioether (sulfide) groups is 1. The van der Waals surface area contributed by atoms with Gasteiger partial charge < -0.3 is 15.4 Å². The van der Waals surface area contributed by atoms with Crippen molar-refractivity contribution in [2.45, 2.75) is 12.0 Å². The number of carbonyl (C=O) groups excluding carboxylic acids is 1. The van der Waals surface area contributed by atoms with Crippen molar-refractivity contribution in [3.63, 3.8) is 0 Å². The number of para-hydroxylation sites is 1. The summed E-state index contributed by atoms with van der Waals surface area (Å²) in [5, 5.41) is 5.23. The van der Waals surface area contributed by atoms with Crippen LogP contribution in [0.25, 0.3) is 0 Å². The summed E-state index contributed by atoms with van der Waals surface area (Å²) in [5.74, 6) is 1.45. The van der Waals surface area contributed by atoms with E-state index in [9.17, 15) is 9.18 Å². The topological polar surface area (TPSA) is 50.4 Å². The van der Waals surface area contributed by atoms with Gasteiger partial charge in [-0.1, -0.05) is 12.1 Å². The molecular formula is C13H17FN2O2S. The molecule has 2 amide bonds. The van der Waals surface area contributed by atoms with Gasteiger partial charge in [0.1, 0.15) is 5.82 Å². The Labute approximate surface area is 116 Å². The van der Waals surface area contributed by atoms with Gasteiger partial charge in [-0.3, -0.25) is 0 Å². The number of rotatable bonds is 4. The third kappa shape index (κ3) is 3.61. The molecule has 0 aromatic heterocycles. The number of urea groups is 1. The molecule has 1 atom stereocenters. The minimum Gasteiger partial charge on any atom is -0.376 e. The van der Waals surface area contributed by atoms with E-state index in [1.54, 1.807) is 31.0 Å². The summed E-state index contributed by atoms with van der Waals surface area (Å²) >= 11 is 1.81. The predicted octanol–water partition coefficient (Wildman–Crippen LogP) is 2.47. The van der Waals surface area contributed by atoms with Gasteiger partial charge in [-0.2, -0.15) is 11.8 Å². The molecule has 1 saturated heterocycles. The fourth-order valence-corrected chi connectivity index (χ4v) is 3.33. The molecule has 104 valence electrons.